The van der Waals surface area contributed by atoms with Gasteiger partial charge in [-0.2, -0.15) is 0 Å². The van der Waals surface area contributed by atoms with Crippen molar-refractivity contribution in [2.45, 2.75) is 37.4 Å². The van der Waals surface area contributed by atoms with E-state index in [0.717, 1.165) is 35.4 Å². The van der Waals surface area contributed by atoms with Crippen LogP contribution in [0.4, 0.5) is 0 Å². The summed E-state index contributed by atoms with van der Waals surface area (Å²) >= 11 is 12.9. The molecule has 2 bridgehead atoms. The molecule has 2 aliphatic rings. The normalized spacial score (nSPS) is 29.0. The van der Waals surface area contributed by atoms with Crippen molar-refractivity contribution >= 4 is 29.1 Å². The van der Waals surface area contributed by atoms with Crippen molar-refractivity contribution in [3.8, 4) is 0 Å². The summed E-state index contributed by atoms with van der Waals surface area (Å²) in [5.41, 5.74) is 2.00. The number of fused-ring (bicyclic) bond motifs is 3. The molecule has 0 aliphatic carbocycles. The minimum atomic E-state index is -0.127. The zero-order valence-electron chi connectivity index (χ0n) is 13.7. The molecule has 2 fully saturated rings. The van der Waals surface area contributed by atoms with E-state index in [2.05, 4.69) is 10.6 Å². The highest BCUT2D eigenvalue weighted by molar-refractivity contribution is 6.31. The lowest BCUT2D eigenvalue weighted by Crippen LogP contribution is -2.40. The molecular formula is C20H20Cl2N2O. The van der Waals surface area contributed by atoms with Crippen LogP contribution in [0.25, 0.3) is 0 Å². The van der Waals surface area contributed by atoms with Crippen LogP contribution < -0.4 is 10.6 Å². The summed E-state index contributed by atoms with van der Waals surface area (Å²) < 4.78 is 0. The number of rotatable bonds is 2. The molecule has 2 heterocycles. The van der Waals surface area contributed by atoms with Crippen molar-refractivity contribution in [1.29, 1.82) is 0 Å². The van der Waals surface area contributed by atoms with E-state index in [9.17, 15) is 4.79 Å². The Morgan fingerprint density at radius 3 is 2.08 bits per heavy atom. The van der Waals surface area contributed by atoms with Gasteiger partial charge in [-0.1, -0.05) is 66.0 Å². The molecule has 0 spiro atoms. The quantitative estimate of drug-likeness (QED) is 0.801. The number of hydrogen-bond acceptors (Lipinski definition) is 2. The standard InChI is InChI=1S/C20H20Cl2N2O/c21-15-9-3-1-6-12(15)18-14-8-5-11-17(23-20(14)25)19(24-18)13-7-2-4-10-16(13)22/h1-4,6-7,9-10,14,17-19,24H,5,8,11H2,(H,23,25). The van der Waals surface area contributed by atoms with Gasteiger partial charge < -0.3 is 10.6 Å². The number of carbonyl (C=O) groups is 1. The van der Waals surface area contributed by atoms with E-state index in [4.69, 9.17) is 23.2 Å². The Bertz CT molecular complexity index is 795. The molecule has 2 aromatic rings. The van der Waals surface area contributed by atoms with E-state index in [0.29, 0.717) is 5.02 Å². The lowest BCUT2D eigenvalue weighted by Gasteiger charge is -2.33. The van der Waals surface area contributed by atoms with Crippen LogP contribution in [-0.4, -0.2) is 11.9 Å². The highest BCUT2D eigenvalue weighted by Gasteiger charge is 2.42. The molecule has 2 N–H and O–H groups in total. The fourth-order valence-electron chi connectivity index (χ4n) is 4.11. The molecule has 5 heteroatoms. The fraction of sp³-hybridized carbons (Fsp3) is 0.350. The topological polar surface area (TPSA) is 41.1 Å². The van der Waals surface area contributed by atoms with Crippen LogP contribution in [0.3, 0.4) is 0 Å². The summed E-state index contributed by atoms with van der Waals surface area (Å²) in [5, 5.41) is 8.35. The van der Waals surface area contributed by atoms with Crippen molar-refractivity contribution in [3.63, 3.8) is 0 Å². The highest BCUT2D eigenvalue weighted by atomic mass is 35.5. The van der Waals surface area contributed by atoms with Crippen molar-refractivity contribution in [1.82, 2.24) is 10.6 Å². The molecule has 0 radical (unpaired) electrons. The molecule has 130 valence electrons. The first-order valence-electron chi connectivity index (χ1n) is 8.70. The number of halogens is 2. The van der Waals surface area contributed by atoms with Crippen LogP contribution in [0.5, 0.6) is 0 Å². The summed E-state index contributed by atoms with van der Waals surface area (Å²) in [4.78, 5) is 12.8. The van der Waals surface area contributed by atoms with Crippen molar-refractivity contribution in [2.75, 3.05) is 0 Å². The Balaban J connectivity index is 1.80. The predicted octanol–water partition coefficient (Wildman–Crippen LogP) is 4.66. The minimum absolute atomic E-state index is 0.0323. The molecule has 4 unspecified atom stereocenters. The third kappa shape index (κ3) is 3.17. The highest BCUT2D eigenvalue weighted by Crippen LogP contribution is 2.40. The van der Waals surface area contributed by atoms with Gasteiger partial charge in [0.2, 0.25) is 5.91 Å². The van der Waals surface area contributed by atoms with E-state index in [1.165, 1.54) is 0 Å². The molecule has 3 nitrogen and oxygen atoms in total. The summed E-state index contributed by atoms with van der Waals surface area (Å²) in [6, 6.07) is 15.5. The molecule has 25 heavy (non-hydrogen) atoms. The van der Waals surface area contributed by atoms with Gasteiger partial charge in [0.05, 0.1) is 12.0 Å². The van der Waals surface area contributed by atoms with Gasteiger partial charge in [0.15, 0.2) is 0 Å². The van der Waals surface area contributed by atoms with Crippen LogP contribution in [0, 0.1) is 5.92 Å². The van der Waals surface area contributed by atoms with Gasteiger partial charge in [0.1, 0.15) is 0 Å². The molecule has 4 atom stereocenters. The van der Waals surface area contributed by atoms with E-state index in [1.807, 2.05) is 48.5 Å². The van der Waals surface area contributed by atoms with Crippen LogP contribution in [0.2, 0.25) is 10.0 Å². The zero-order chi connectivity index (χ0) is 17.4. The summed E-state index contributed by atoms with van der Waals surface area (Å²) in [6.07, 6.45) is 2.82. The Morgan fingerprint density at radius 2 is 1.44 bits per heavy atom. The van der Waals surface area contributed by atoms with Crippen LogP contribution >= 0.6 is 23.2 Å². The average Bonchev–Trinajstić information content (AvgIpc) is 2.86. The van der Waals surface area contributed by atoms with Crippen LogP contribution in [0.15, 0.2) is 48.5 Å². The SMILES string of the molecule is O=C1NC2CCCC1C(c1ccccc1Cl)NC2c1ccccc1Cl. The van der Waals surface area contributed by atoms with Gasteiger partial charge in [0.25, 0.3) is 0 Å². The van der Waals surface area contributed by atoms with E-state index in [1.54, 1.807) is 0 Å². The lowest BCUT2D eigenvalue weighted by atomic mass is 9.85. The second-order valence-corrected chi connectivity index (χ2v) is 7.63. The molecular weight excluding hydrogens is 355 g/mol. The minimum Gasteiger partial charge on any atom is -0.351 e. The molecule has 2 aliphatic heterocycles. The molecule has 2 saturated heterocycles. The first-order valence-corrected chi connectivity index (χ1v) is 9.46. The lowest BCUT2D eigenvalue weighted by molar-refractivity contribution is -0.125. The number of carbonyl (C=O) groups excluding carboxylic acids is 1. The van der Waals surface area contributed by atoms with E-state index >= 15 is 0 Å². The van der Waals surface area contributed by atoms with E-state index in [-0.39, 0.29) is 30.0 Å². The second kappa shape index (κ2) is 6.99. The summed E-state index contributed by atoms with van der Waals surface area (Å²) in [7, 11) is 0. The van der Waals surface area contributed by atoms with Crippen LogP contribution in [-0.2, 0) is 4.79 Å². The largest absolute Gasteiger partial charge is 0.351 e. The molecule has 0 aromatic heterocycles. The number of benzene rings is 2. The third-order valence-corrected chi connectivity index (χ3v) is 6.03. The van der Waals surface area contributed by atoms with Gasteiger partial charge in [-0.3, -0.25) is 4.79 Å². The molecule has 0 saturated carbocycles. The maximum Gasteiger partial charge on any atom is 0.225 e. The maximum absolute atomic E-state index is 12.8. The summed E-state index contributed by atoms with van der Waals surface area (Å²) in [5.74, 6) is -0.0214. The van der Waals surface area contributed by atoms with Gasteiger partial charge in [0, 0.05) is 22.1 Å². The van der Waals surface area contributed by atoms with Crippen molar-refractivity contribution < 1.29 is 4.79 Å². The number of nitrogens with one attached hydrogen (secondary N) is 2. The van der Waals surface area contributed by atoms with Crippen LogP contribution in [0.1, 0.15) is 42.5 Å². The maximum atomic E-state index is 12.8. The zero-order valence-corrected chi connectivity index (χ0v) is 15.2. The Morgan fingerprint density at radius 1 is 0.840 bits per heavy atom. The van der Waals surface area contributed by atoms with Crippen molar-refractivity contribution in [2.24, 2.45) is 5.92 Å². The molecule has 1 amide bonds. The number of hydrogen-bond donors (Lipinski definition) is 2. The van der Waals surface area contributed by atoms with Crippen molar-refractivity contribution in [3.05, 3.63) is 69.7 Å². The molecule has 2 aromatic carbocycles. The monoisotopic (exact) mass is 374 g/mol. The first kappa shape index (κ1) is 16.9. The molecule has 4 rings (SSSR count). The Labute approximate surface area is 157 Å². The third-order valence-electron chi connectivity index (χ3n) is 5.34. The number of amides is 1. The average molecular weight is 375 g/mol. The second-order valence-electron chi connectivity index (χ2n) is 6.82. The Hall–Kier alpha value is -1.55. The van der Waals surface area contributed by atoms with Gasteiger partial charge in [-0.05, 0) is 36.1 Å². The summed E-state index contributed by atoms with van der Waals surface area (Å²) in [6.45, 7) is 0. The smallest absolute Gasteiger partial charge is 0.225 e. The van der Waals surface area contributed by atoms with E-state index < -0.39 is 0 Å². The van der Waals surface area contributed by atoms with Gasteiger partial charge in [-0.15, -0.1) is 0 Å². The Kier molecular flexibility index (Phi) is 4.72. The van der Waals surface area contributed by atoms with Gasteiger partial charge in [-0.25, -0.2) is 0 Å². The first-order chi connectivity index (χ1) is 12.1. The predicted molar refractivity (Wildman–Crippen MR) is 101 cm³/mol. The fourth-order valence-corrected chi connectivity index (χ4v) is 4.62. The van der Waals surface area contributed by atoms with Gasteiger partial charge >= 0.3 is 0 Å².